The molecule has 0 aromatic heterocycles. The standard InChI is InChI=1S/C34H39N5O7/c1-22-5-7-23(8-6-22)27(20-31(41)42)35-33(44)25-11-14-29(37-15-17-38(18-16-37)30(40)21-34(2,3)4)28(19-25)36-32(43)24-9-12-26(13-10-24)39(45)46/h5-14,19,27H,15-18,20-21H2,1-4H3,(H,35,44)(H,36,43)(H,41,42). The van der Waals surface area contributed by atoms with E-state index < -0.39 is 28.7 Å². The minimum absolute atomic E-state index is 0.0790. The molecule has 1 unspecified atom stereocenters. The first-order valence-electron chi connectivity index (χ1n) is 15.0. The van der Waals surface area contributed by atoms with Gasteiger partial charge in [-0.3, -0.25) is 29.3 Å². The Morgan fingerprint density at radius 1 is 0.891 bits per heavy atom. The van der Waals surface area contributed by atoms with Crippen LogP contribution in [0.4, 0.5) is 17.1 Å². The van der Waals surface area contributed by atoms with Gasteiger partial charge in [-0.15, -0.1) is 0 Å². The van der Waals surface area contributed by atoms with Crippen LogP contribution in [0.15, 0.2) is 66.7 Å². The fourth-order valence-corrected chi connectivity index (χ4v) is 5.21. The third-order valence-electron chi connectivity index (χ3n) is 7.67. The lowest BCUT2D eigenvalue weighted by Crippen LogP contribution is -2.49. The lowest BCUT2D eigenvalue weighted by molar-refractivity contribution is -0.384. The summed E-state index contributed by atoms with van der Waals surface area (Å²) in [6.07, 6.45) is 0.105. The van der Waals surface area contributed by atoms with Crippen LogP contribution in [0.1, 0.15) is 71.5 Å². The van der Waals surface area contributed by atoms with Crippen LogP contribution in [-0.2, 0) is 9.59 Å². The van der Waals surface area contributed by atoms with E-state index in [0.717, 1.165) is 5.56 Å². The number of nitro groups is 1. The number of carbonyl (C=O) groups excluding carboxylic acids is 3. The highest BCUT2D eigenvalue weighted by atomic mass is 16.6. The van der Waals surface area contributed by atoms with Gasteiger partial charge in [0.25, 0.3) is 17.5 Å². The van der Waals surface area contributed by atoms with Crippen molar-refractivity contribution in [2.45, 2.75) is 46.6 Å². The van der Waals surface area contributed by atoms with Crippen LogP contribution in [-0.4, -0.2) is 64.8 Å². The molecule has 1 aliphatic heterocycles. The molecule has 0 saturated carbocycles. The Hall–Kier alpha value is -5.26. The predicted molar refractivity (Wildman–Crippen MR) is 174 cm³/mol. The highest BCUT2D eigenvalue weighted by Crippen LogP contribution is 2.30. The summed E-state index contributed by atoms with van der Waals surface area (Å²) in [5.74, 6) is -2.05. The minimum atomic E-state index is -1.07. The van der Waals surface area contributed by atoms with Gasteiger partial charge < -0.3 is 25.5 Å². The summed E-state index contributed by atoms with van der Waals surface area (Å²) in [5.41, 5.74) is 2.69. The zero-order chi connectivity index (χ0) is 33.6. The van der Waals surface area contributed by atoms with Crippen LogP contribution >= 0.6 is 0 Å². The molecule has 3 aromatic carbocycles. The Bertz CT molecular complexity index is 1610. The first-order chi connectivity index (χ1) is 21.7. The molecule has 1 heterocycles. The minimum Gasteiger partial charge on any atom is -0.481 e. The summed E-state index contributed by atoms with van der Waals surface area (Å²) in [6, 6.07) is 16.5. The van der Waals surface area contributed by atoms with Gasteiger partial charge in [0.2, 0.25) is 5.91 Å². The van der Waals surface area contributed by atoms with E-state index in [1.165, 1.54) is 30.3 Å². The first kappa shape index (κ1) is 33.6. The fraction of sp³-hybridized carbons (Fsp3) is 0.353. The summed E-state index contributed by atoms with van der Waals surface area (Å²) < 4.78 is 0. The third kappa shape index (κ3) is 8.90. The molecule has 12 nitrogen and oxygen atoms in total. The van der Waals surface area contributed by atoms with Crippen molar-refractivity contribution in [3.05, 3.63) is 99.1 Å². The van der Waals surface area contributed by atoms with Crippen LogP contribution in [0.3, 0.4) is 0 Å². The maximum atomic E-state index is 13.5. The number of anilines is 2. The Balaban J connectivity index is 1.60. The number of amides is 3. The molecule has 1 aliphatic rings. The fourth-order valence-electron chi connectivity index (χ4n) is 5.21. The quantitative estimate of drug-likeness (QED) is 0.204. The molecule has 0 spiro atoms. The molecule has 12 heteroatoms. The topological polar surface area (TPSA) is 162 Å². The summed E-state index contributed by atoms with van der Waals surface area (Å²) >= 11 is 0. The van der Waals surface area contributed by atoms with Crippen LogP contribution in [0, 0.1) is 22.5 Å². The molecule has 1 fully saturated rings. The molecule has 1 atom stereocenters. The van der Waals surface area contributed by atoms with Crippen LogP contribution in [0.25, 0.3) is 0 Å². The molecule has 0 radical (unpaired) electrons. The van der Waals surface area contributed by atoms with E-state index in [9.17, 15) is 34.4 Å². The lowest BCUT2D eigenvalue weighted by Gasteiger charge is -2.38. The summed E-state index contributed by atoms with van der Waals surface area (Å²) in [4.78, 5) is 65.5. The monoisotopic (exact) mass is 629 g/mol. The van der Waals surface area contributed by atoms with E-state index in [-0.39, 0.29) is 34.6 Å². The zero-order valence-electron chi connectivity index (χ0n) is 26.4. The average molecular weight is 630 g/mol. The Morgan fingerprint density at radius 3 is 2.07 bits per heavy atom. The number of carboxylic acid groups (broad SMARTS) is 1. The molecule has 3 aromatic rings. The average Bonchev–Trinajstić information content (AvgIpc) is 3.00. The molecule has 0 bridgehead atoms. The summed E-state index contributed by atoms with van der Waals surface area (Å²) in [5, 5.41) is 26.2. The van der Waals surface area contributed by atoms with Crippen molar-refractivity contribution in [3.63, 3.8) is 0 Å². The van der Waals surface area contributed by atoms with Gasteiger partial charge in [0, 0.05) is 55.9 Å². The second-order valence-corrected chi connectivity index (χ2v) is 12.6. The van der Waals surface area contributed by atoms with Gasteiger partial charge in [0.15, 0.2) is 0 Å². The molecule has 3 N–H and O–H groups in total. The van der Waals surface area contributed by atoms with E-state index in [4.69, 9.17) is 0 Å². The number of nitrogens with one attached hydrogen (secondary N) is 2. The number of hydrogen-bond acceptors (Lipinski definition) is 7. The van der Waals surface area contributed by atoms with Crippen molar-refractivity contribution in [2.24, 2.45) is 5.41 Å². The molecule has 4 rings (SSSR count). The number of aliphatic carboxylic acids is 1. The van der Waals surface area contributed by atoms with Gasteiger partial charge in [0.05, 0.1) is 28.8 Å². The SMILES string of the molecule is Cc1ccc(C(CC(=O)O)NC(=O)c2ccc(N3CCN(C(=O)CC(C)(C)C)CC3)c(NC(=O)c3ccc([N+](=O)[O-])cc3)c2)cc1. The number of nitro benzene ring substituents is 1. The number of hydrogen-bond donors (Lipinski definition) is 3. The zero-order valence-corrected chi connectivity index (χ0v) is 26.4. The number of rotatable bonds is 10. The van der Waals surface area contributed by atoms with Crippen LogP contribution < -0.4 is 15.5 Å². The number of piperazine rings is 1. The number of nitrogens with zero attached hydrogens (tertiary/aromatic N) is 3. The van der Waals surface area contributed by atoms with Crippen molar-refractivity contribution in [2.75, 3.05) is 36.4 Å². The summed E-state index contributed by atoms with van der Waals surface area (Å²) in [7, 11) is 0. The smallest absolute Gasteiger partial charge is 0.305 e. The highest BCUT2D eigenvalue weighted by molar-refractivity contribution is 6.07. The molecule has 3 amide bonds. The lowest BCUT2D eigenvalue weighted by atomic mass is 9.91. The summed E-state index contributed by atoms with van der Waals surface area (Å²) in [6.45, 7) is 9.93. The van der Waals surface area contributed by atoms with E-state index >= 15 is 0 Å². The number of carboxylic acids is 1. The largest absolute Gasteiger partial charge is 0.481 e. The van der Waals surface area contributed by atoms with Crippen LogP contribution in [0.5, 0.6) is 0 Å². The molecular formula is C34H39N5O7. The van der Waals surface area contributed by atoms with Gasteiger partial charge >= 0.3 is 5.97 Å². The van der Waals surface area contributed by atoms with E-state index in [2.05, 4.69) is 10.6 Å². The molecule has 1 saturated heterocycles. The molecule has 46 heavy (non-hydrogen) atoms. The maximum absolute atomic E-state index is 13.5. The number of non-ortho nitro benzene ring substituents is 1. The normalized spacial score (nSPS) is 13.9. The van der Waals surface area contributed by atoms with Gasteiger partial charge in [-0.25, -0.2) is 0 Å². The predicted octanol–water partition coefficient (Wildman–Crippen LogP) is 5.19. The van der Waals surface area contributed by atoms with E-state index in [0.29, 0.717) is 49.5 Å². The number of aryl methyl sites for hydroxylation is 1. The van der Waals surface area contributed by atoms with Crippen molar-refractivity contribution in [3.8, 4) is 0 Å². The number of benzene rings is 3. The first-order valence-corrected chi connectivity index (χ1v) is 15.0. The van der Waals surface area contributed by atoms with Gasteiger partial charge in [-0.2, -0.15) is 0 Å². The van der Waals surface area contributed by atoms with Gasteiger partial charge in [-0.05, 0) is 48.2 Å². The van der Waals surface area contributed by atoms with E-state index in [1.807, 2.05) is 49.6 Å². The molecule has 242 valence electrons. The van der Waals surface area contributed by atoms with E-state index in [1.54, 1.807) is 24.3 Å². The number of carbonyl (C=O) groups is 4. The van der Waals surface area contributed by atoms with Crippen LogP contribution in [0.2, 0.25) is 0 Å². The Morgan fingerprint density at radius 2 is 1.50 bits per heavy atom. The molecule has 0 aliphatic carbocycles. The maximum Gasteiger partial charge on any atom is 0.305 e. The van der Waals surface area contributed by atoms with Crippen molar-refractivity contribution >= 4 is 40.8 Å². The van der Waals surface area contributed by atoms with Gasteiger partial charge in [-0.1, -0.05) is 50.6 Å². The Kier molecular flexibility index (Phi) is 10.4. The highest BCUT2D eigenvalue weighted by Gasteiger charge is 2.27. The second kappa shape index (κ2) is 14.2. The second-order valence-electron chi connectivity index (χ2n) is 12.6. The van der Waals surface area contributed by atoms with Crippen molar-refractivity contribution < 1.29 is 29.2 Å². The van der Waals surface area contributed by atoms with Crippen molar-refractivity contribution in [1.29, 1.82) is 0 Å². The Labute approximate surface area is 267 Å². The third-order valence-corrected chi connectivity index (χ3v) is 7.67. The molecular weight excluding hydrogens is 590 g/mol. The van der Waals surface area contributed by atoms with Crippen molar-refractivity contribution in [1.82, 2.24) is 10.2 Å². The van der Waals surface area contributed by atoms with Gasteiger partial charge in [0.1, 0.15) is 0 Å².